The number of aryl methyl sites for hydroxylation is 1. The quantitative estimate of drug-likeness (QED) is 0.106. The molecule has 3 atom stereocenters. The monoisotopic (exact) mass is 574 g/mol. The number of carbonyl (C=O) groups is 1. The third kappa shape index (κ3) is 41.5. The predicted molar refractivity (Wildman–Crippen MR) is 169 cm³/mol. The molecule has 0 spiro atoms. The fraction of sp³-hybridized carbons (Fsp3) is 0.781. The summed E-state index contributed by atoms with van der Waals surface area (Å²) in [5.74, 6) is 0.802. The minimum Gasteiger partial charge on any atom is -0.460 e. The molecule has 0 amide bonds. The molecule has 7 heteroatoms. The van der Waals surface area contributed by atoms with Gasteiger partial charge in [0.05, 0.1) is 32.0 Å². The molecule has 0 aromatic heterocycles. The van der Waals surface area contributed by atoms with Crippen LogP contribution in [0.3, 0.4) is 0 Å². The van der Waals surface area contributed by atoms with E-state index in [2.05, 4.69) is 38.6 Å². The average Bonchev–Trinajstić information content (AvgIpc) is 2.92. The second kappa shape index (κ2) is 34.9. The van der Waals surface area contributed by atoms with Crippen LogP contribution in [-0.4, -0.2) is 69.2 Å². The standard InChI is InChI=1S/C12H26S.C7H16O3.C7H8.C6H12O3/c1-2-3-4-5-6-7-8-9-10-11-12-13;1-6(4-8)10-5-7(2)9-3;1-7-5-3-2-4-6-7;1-5(4-8-3)9-6(2)7/h13H,2-12H2,1H3;6-8H,4-5H2,1-3H3;2-6H,1H3;5H,4H2,1-3H3. The number of methoxy groups -OCH3 is 2. The van der Waals surface area contributed by atoms with E-state index in [0.717, 1.165) is 5.75 Å². The molecule has 232 valence electrons. The first-order chi connectivity index (χ1) is 18.7. The summed E-state index contributed by atoms with van der Waals surface area (Å²) in [6.45, 7) is 12.3. The van der Waals surface area contributed by atoms with Crippen molar-refractivity contribution >= 4 is 18.6 Å². The zero-order valence-corrected chi connectivity index (χ0v) is 27.3. The number of aliphatic hydroxyl groups excluding tert-OH is 1. The molecule has 3 unspecified atom stereocenters. The van der Waals surface area contributed by atoms with Gasteiger partial charge in [0.15, 0.2) is 0 Å². The summed E-state index contributed by atoms with van der Waals surface area (Å²) in [5, 5.41) is 8.55. The largest absolute Gasteiger partial charge is 0.460 e. The van der Waals surface area contributed by atoms with Gasteiger partial charge in [-0.2, -0.15) is 12.6 Å². The van der Waals surface area contributed by atoms with Crippen LogP contribution in [0.4, 0.5) is 0 Å². The van der Waals surface area contributed by atoms with Gasteiger partial charge in [0, 0.05) is 21.1 Å². The lowest BCUT2D eigenvalue weighted by Gasteiger charge is -2.13. The minimum atomic E-state index is -0.264. The van der Waals surface area contributed by atoms with E-state index in [4.69, 9.17) is 24.1 Å². The molecule has 0 radical (unpaired) electrons. The average molecular weight is 575 g/mol. The number of hydrogen-bond donors (Lipinski definition) is 2. The summed E-state index contributed by atoms with van der Waals surface area (Å²) < 4.78 is 19.6. The Morgan fingerprint density at radius 1 is 0.821 bits per heavy atom. The van der Waals surface area contributed by atoms with Crippen LogP contribution in [0.15, 0.2) is 30.3 Å². The second-order valence-corrected chi connectivity index (χ2v) is 10.3. The topological polar surface area (TPSA) is 74.2 Å². The second-order valence-electron chi connectivity index (χ2n) is 9.81. The Morgan fingerprint density at radius 2 is 1.33 bits per heavy atom. The Balaban J connectivity index is -0.000000453. The van der Waals surface area contributed by atoms with E-state index < -0.39 is 0 Å². The van der Waals surface area contributed by atoms with Gasteiger partial charge in [-0.05, 0) is 39.9 Å². The van der Waals surface area contributed by atoms with Crippen LogP contribution in [0.25, 0.3) is 0 Å². The molecule has 1 aromatic carbocycles. The minimum absolute atomic E-state index is 0.0659. The molecular weight excluding hydrogens is 512 g/mol. The molecule has 0 saturated carbocycles. The van der Waals surface area contributed by atoms with Gasteiger partial charge in [-0.15, -0.1) is 0 Å². The molecule has 0 aliphatic heterocycles. The Morgan fingerprint density at radius 3 is 1.69 bits per heavy atom. The highest BCUT2D eigenvalue weighted by molar-refractivity contribution is 7.80. The number of unbranched alkanes of at least 4 members (excludes halogenated alkanes) is 9. The summed E-state index contributed by atoms with van der Waals surface area (Å²) in [4.78, 5) is 10.3. The Hall–Kier alpha value is -1.12. The third-order valence-corrected chi connectivity index (χ3v) is 5.81. The van der Waals surface area contributed by atoms with Crippen LogP contribution >= 0.6 is 12.6 Å². The van der Waals surface area contributed by atoms with Gasteiger partial charge in [-0.1, -0.05) is 101 Å². The molecule has 0 heterocycles. The van der Waals surface area contributed by atoms with Crippen LogP contribution in [0, 0.1) is 6.92 Å². The van der Waals surface area contributed by atoms with Crippen molar-refractivity contribution < 1.29 is 28.8 Å². The van der Waals surface area contributed by atoms with Crippen molar-refractivity contribution in [3.63, 3.8) is 0 Å². The summed E-state index contributed by atoms with van der Waals surface area (Å²) in [7, 11) is 3.21. The van der Waals surface area contributed by atoms with Crippen molar-refractivity contribution in [1.29, 1.82) is 0 Å². The SMILES string of the molecule is CCCCCCCCCCCCS.COC(C)COC(C)CO.COCC(C)OC(C)=O.Cc1ccccc1. The number of thiol groups is 1. The van der Waals surface area contributed by atoms with Crippen LogP contribution in [-0.2, 0) is 23.7 Å². The number of esters is 1. The zero-order chi connectivity index (χ0) is 30.2. The molecule has 1 rings (SSSR count). The van der Waals surface area contributed by atoms with Crippen LogP contribution in [0.2, 0.25) is 0 Å². The van der Waals surface area contributed by atoms with Gasteiger partial charge in [0.25, 0.3) is 0 Å². The molecule has 1 N–H and O–H groups in total. The van der Waals surface area contributed by atoms with E-state index in [-0.39, 0.29) is 30.9 Å². The molecule has 0 bridgehead atoms. The number of hydrogen-bond acceptors (Lipinski definition) is 7. The first-order valence-electron chi connectivity index (χ1n) is 14.7. The van der Waals surface area contributed by atoms with E-state index in [0.29, 0.717) is 13.2 Å². The van der Waals surface area contributed by atoms with Gasteiger partial charge >= 0.3 is 5.97 Å². The van der Waals surface area contributed by atoms with Gasteiger partial charge < -0.3 is 24.1 Å². The molecule has 39 heavy (non-hydrogen) atoms. The molecule has 6 nitrogen and oxygen atoms in total. The number of aliphatic hydroxyl groups is 1. The third-order valence-electron chi connectivity index (χ3n) is 5.50. The molecular formula is C32H62O6S. The van der Waals surface area contributed by atoms with Gasteiger partial charge in [0.2, 0.25) is 0 Å². The van der Waals surface area contributed by atoms with Gasteiger partial charge in [-0.25, -0.2) is 0 Å². The van der Waals surface area contributed by atoms with Gasteiger partial charge in [-0.3, -0.25) is 4.79 Å². The summed E-state index contributed by atoms with van der Waals surface area (Å²) >= 11 is 4.20. The van der Waals surface area contributed by atoms with E-state index >= 15 is 0 Å². The van der Waals surface area contributed by atoms with Crippen molar-refractivity contribution in [2.45, 2.75) is 124 Å². The number of ether oxygens (including phenoxy) is 4. The lowest BCUT2D eigenvalue weighted by atomic mass is 10.1. The Bertz CT molecular complexity index is 567. The van der Waals surface area contributed by atoms with Crippen molar-refractivity contribution in [1.82, 2.24) is 0 Å². The molecule has 0 saturated heterocycles. The van der Waals surface area contributed by atoms with Crippen molar-refractivity contribution in [3.8, 4) is 0 Å². The molecule has 0 fully saturated rings. The highest BCUT2D eigenvalue weighted by Crippen LogP contribution is 2.10. The lowest BCUT2D eigenvalue weighted by Crippen LogP contribution is -2.21. The van der Waals surface area contributed by atoms with E-state index in [9.17, 15) is 4.79 Å². The van der Waals surface area contributed by atoms with Crippen molar-refractivity contribution in [2.24, 2.45) is 0 Å². The van der Waals surface area contributed by atoms with Crippen molar-refractivity contribution in [2.75, 3.05) is 39.8 Å². The van der Waals surface area contributed by atoms with Crippen LogP contribution in [0.1, 0.15) is 104 Å². The van der Waals surface area contributed by atoms with E-state index in [1.165, 1.54) is 76.7 Å². The Labute approximate surface area is 247 Å². The van der Waals surface area contributed by atoms with Crippen LogP contribution in [0.5, 0.6) is 0 Å². The maximum absolute atomic E-state index is 10.3. The predicted octanol–water partition coefficient (Wildman–Crippen LogP) is 7.84. The smallest absolute Gasteiger partial charge is 0.302 e. The maximum atomic E-state index is 10.3. The fourth-order valence-corrected chi connectivity index (χ4v) is 3.33. The number of carbonyl (C=O) groups excluding carboxylic acids is 1. The summed E-state index contributed by atoms with van der Waals surface area (Å²) in [6.07, 6.45) is 14.1. The van der Waals surface area contributed by atoms with E-state index in [1.807, 2.05) is 32.0 Å². The summed E-state index contributed by atoms with van der Waals surface area (Å²) in [5.41, 5.74) is 1.32. The Kier molecular flexibility index (Phi) is 37.9. The van der Waals surface area contributed by atoms with Crippen molar-refractivity contribution in [3.05, 3.63) is 35.9 Å². The number of benzene rings is 1. The maximum Gasteiger partial charge on any atom is 0.302 e. The fourth-order valence-electron chi connectivity index (χ4n) is 3.11. The zero-order valence-electron chi connectivity index (χ0n) is 26.5. The molecule has 0 aliphatic carbocycles. The normalized spacial score (nSPS) is 12.4. The highest BCUT2D eigenvalue weighted by Gasteiger charge is 2.03. The van der Waals surface area contributed by atoms with Gasteiger partial charge in [0.1, 0.15) is 6.10 Å². The first kappa shape index (κ1) is 42.3. The number of rotatable bonds is 18. The summed E-state index contributed by atoms with van der Waals surface area (Å²) in [6, 6.07) is 10.3. The lowest BCUT2D eigenvalue weighted by molar-refractivity contribution is -0.147. The highest BCUT2D eigenvalue weighted by atomic mass is 32.1. The molecule has 1 aromatic rings. The molecule has 0 aliphatic rings. The first-order valence-corrected chi connectivity index (χ1v) is 15.3. The van der Waals surface area contributed by atoms with Crippen LogP contribution < -0.4 is 0 Å². The van der Waals surface area contributed by atoms with E-state index in [1.54, 1.807) is 21.1 Å².